The van der Waals surface area contributed by atoms with Gasteiger partial charge in [-0.2, -0.15) is 18.3 Å². The molecule has 0 radical (unpaired) electrons. The average Bonchev–Trinajstić information content (AvgIpc) is 3.49. The Hall–Kier alpha value is -3.77. The Morgan fingerprint density at radius 2 is 1.88 bits per heavy atom. The van der Waals surface area contributed by atoms with Crippen molar-refractivity contribution < 1.29 is 22.3 Å². The van der Waals surface area contributed by atoms with Crippen LogP contribution in [0.15, 0.2) is 53.1 Å². The maximum atomic E-state index is 13.5. The largest absolute Gasteiger partial charge is 0.480 e. The topological polar surface area (TPSA) is 103 Å². The molecule has 3 aromatic heterocycles. The zero-order valence-electron chi connectivity index (χ0n) is 18.4. The summed E-state index contributed by atoms with van der Waals surface area (Å²) < 4.78 is 52.6. The Balaban J connectivity index is 1.72. The van der Waals surface area contributed by atoms with Crippen molar-refractivity contribution in [3.63, 3.8) is 0 Å². The summed E-state index contributed by atoms with van der Waals surface area (Å²) in [6.07, 6.45) is -3.12. The Morgan fingerprint density at radius 1 is 1.06 bits per heavy atom. The normalized spacial score (nSPS) is 11.7. The van der Waals surface area contributed by atoms with Gasteiger partial charge in [-0.05, 0) is 36.9 Å². The maximum Gasteiger partial charge on any atom is 0.435 e. The fourth-order valence-corrected chi connectivity index (χ4v) is 3.26. The van der Waals surface area contributed by atoms with E-state index in [1.165, 1.54) is 13.3 Å². The highest BCUT2D eigenvalue weighted by atomic mass is 19.4. The van der Waals surface area contributed by atoms with Crippen LogP contribution in [0.2, 0.25) is 0 Å². The molecule has 0 unspecified atom stereocenters. The van der Waals surface area contributed by atoms with E-state index in [0.29, 0.717) is 17.8 Å². The van der Waals surface area contributed by atoms with Crippen LogP contribution in [0.25, 0.3) is 28.7 Å². The zero-order valence-corrected chi connectivity index (χ0v) is 18.4. The summed E-state index contributed by atoms with van der Waals surface area (Å²) in [5, 5.41) is 18.0. The van der Waals surface area contributed by atoms with Gasteiger partial charge >= 0.3 is 6.18 Å². The molecular formula is C22H22F3N7O2. The summed E-state index contributed by atoms with van der Waals surface area (Å²) in [5.74, 6) is 0.186. The van der Waals surface area contributed by atoms with Crippen molar-refractivity contribution in [2.45, 2.75) is 12.7 Å². The fourth-order valence-electron chi connectivity index (χ4n) is 3.26. The molecule has 3 heterocycles. The molecule has 12 heteroatoms. The number of likely N-dealkylation sites (N-methyl/N-ethyl adjacent to an activating group) is 1. The predicted molar refractivity (Wildman–Crippen MR) is 117 cm³/mol. The number of benzene rings is 1. The van der Waals surface area contributed by atoms with Crippen LogP contribution in [0.5, 0.6) is 5.88 Å². The molecule has 34 heavy (non-hydrogen) atoms. The van der Waals surface area contributed by atoms with Gasteiger partial charge in [0.15, 0.2) is 5.69 Å². The fraction of sp³-hybridized carbons (Fsp3) is 0.273. The van der Waals surface area contributed by atoms with Crippen molar-refractivity contribution >= 4 is 0 Å². The second-order valence-electron chi connectivity index (χ2n) is 7.25. The van der Waals surface area contributed by atoms with Crippen molar-refractivity contribution in [1.29, 1.82) is 0 Å². The van der Waals surface area contributed by atoms with Gasteiger partial charge in [-0.1, -0.05) is 12.1 Å². The number of halogens is 3. The second-order valence-corrected chi connectivity index (χ2v) is 7.25. The summed E-state index contributed by atoms with van der Waals surface area (Å²) in [4.78, 5) is 4.08. The smallest absolute Gasteiger partial charge is 0.435 e. The van der Waals surface area contributed by atoms with Gasteiger partial charge in [-0.25, -0.2) is 9.67 Å². The second kappa shape index (κ2) is 10.0. The van der Waals surface area contributed by atoms with Gasteiger partial charge in [-0.3, -0.25) is 0 Å². The Morgan fingerprint density at radius 3 is 2.65 bits per heavy atom. The van der Waals surface area contributed by atoms with Crippen LogP contribution in [0, 0.1) is 0 Å². The summed E-state index contributed by atoms with van der Waals surface area (Å²) in [6.45, 7) is 2.08. The van der Waals surface area contributed by atoms with Crippen molar-refractivity contribution in [3.8, 4) is 34.6 Å². The number of ether oxygens (including phenoxy) is 1. The van der Waals surface area contributed by atoms with Crippen LogP contribution in [-0.4, -0.2) is 52.2 Å². The monoisotopic (exact) mass is 473 g/mol. The third kappa shape index (κ3) is 5.07. The molecule has 1 aromatic carbocycles. The molecule has 0 aliphatic rings. The lowest BCUT2D eigenvalue weighted by atomic mass is 10.2. The number of nitrogens with zero attached hydrogens (tertiary/aromatic N) is 5. The maximum absolute atomic E-state index is 13.5. The quantitative estimate of drug-likeness (QED) is 0.357. The van der Waals surface area contributed by atoms with E-state index in [1.54, 1.807) is 30.3 Å². The first-order valence-corrected chi connectivity index (χ1v) is 10.4. The van der Waals surface area contributed by atoms with Gasteiger partial charge in [0.25, 0.3) is 11.8 Å². The van der Waals surface area contributed by atoms with Crippen LogP contribution in [-0.2, 0) is 12.7 Å². The lowest BCUT2D eigenvalue weighted by Crippen LogP contribution is -2.24. The number of methoxy groups -OCH3 is 1. The standard InChI is InChI=1S/C22H22F3N7O2/c1-26-9-10-27-13-14-5-3-6-15(11-14)32-17(12-18(31-32)22(23,24)25)21-30-29-20(34-21)16-7-4-8-28-19(16)33-2/h3-8,11-12,26-27H,9-10,13H2,1-2H3. The minimum Gasteiger partial charge on any atom is -0.480 e. The molecule has 0 amide bonds. The van der Waals surface area contributed by atoms with Crippen LogP contribution in [0.4, 0.5) is 13.2 Å². The molecule has 9 nitrogen and oxygen atoms in total. The van der Waals surface area contributed by atoms with Gasteiger partial charge in [0.2, 0.25) is 5.88 Å². The van der Waals surface area contributed by atoms with Gasteiger partial charge < -0.3 is 19.8 Å². The average molecular weight is 473 g/mol. The van der Waals surface area contributed by atoms with Crippen LogP contribution >= 0.6 is 0 Å². The molecule has 0 bridgehead atoms. The van der Waals surface area contributed by atoms with Crippen LogP contribution in [0.1, 0.15) is 11.3 Å². The lowest BCUT2D eigenvalue weighted by Gasteiger charge is -2.09. The highest BCUT2D eigenvalue weighted by Gasteiger charge is 2.36. The molecule has 0 fully saturated rings. The summed E-state index contributed by atoms with van der Waals surface area (Å²) in [6, 6.07) is 11.2. The molecule has 0 aliphatic heterocycles. The number of rotatable bonds is 9. The first-order valence-electron chi connectivity index (χ1n) is 10.4. The molecule has 0 saturated heterocycles. The van der Waals surface area contributed by atoms with Crippen molar-refractivity contribution in [3.05, 3.63) is 59.9 Å². The van der Waals surface area contributed by atoms with E-state index in [1.807, 2.05) is 13.1 Å². The molecular weight excluding hydrogens is 451 g/mol. The molecule has 0 spiro atoms. The van der Waals surface area contributed by atoms with E-state index >= 15 is 0 Å². The van der Waals surface area contributed by atoms with Crippen LogP contribution in [0.3, 0.4) is 0 Å². The molecule has 0 atom stereocenters. The van der Waals surface area contributed by atoms with Crippen LogP contribution < -0.4 is 15.4 Å². The zero-order chi connectivity index (χ0) is 24.1. The highest BCUT2D eigenvalue weighted by Crippen LogP contribution is 2.34. The van der Waals surface area contributed by atoms with E-state index in [4.69, 9.17) is 9.15 Å². The Labute approximate surface area is 193 Å². The minimum absolute atomic E-state index is 0.00854. The SMILES string of the molecule is CNCCNCc1cccc(-n2nc(C(F)(F)F)cc2-c2nnc(-c3cccnc3OC)o2)c1. The molecule has 0 saturated carbocycles. The molecule has 178 valence electrons. The van der Waals surface area contributed by atoms with E-state index in [9.17, 15) is 13.2 Å². The minimum atomic E-state index is -4.65. The molecule has 0 aliphatic carbocycles. The number of alkyl halides is 3. The van der Waals surface area contributed by atoms with Gasteiger partial charge in [0.1, 0.15) is 11.3 Å². The molecule has 4 rings (SSSR count). The van der Waals surface area contributed by atoms with Crippen molar-refractivity contribution in [1.82, 2.24) is 35.6 Å². The summed E-state index contributed by atoms with van der Waals surface area (Å²) in [5.41, 5.74) is 0.667. The van der Waals surface area contributed by atoms with E-state index < -0.39 is 11.9 Å². The number of hydrogen-bond donors (Lipinski definition) is 2. The van der Waals surface area contributed by atoms with Crippen molar-refractivity contribution in [2.24, 2.45) is 0 Å². The van der Waals surface area contributed by atoms with E-state index in [0.717, 1.165) is 29.4 Å². The molecule has 2 N–H and O–H groups in total. The number of hydrogen-bond acceptors (Lipinski definition) is 8. The van der Waals surface area contributed by atoms with E-state index in [2.05, 4.69) is 30.9 Å². The molecule has 4 aromatic rings. The Kier molecular flexibility index (Phi) is 6.89. The first-order chi connectivity index (χ1) is 16.4. The Bertz CT molecular complexity index is 1250. The number of pyridine rings is 1. The highest BCUT2D eigenvalue weighted by molar-refractivity contribution is 5.62. The van der Waals surface area contributed by atoms with Gasteiger partial charge in [-0.15, -0.1) is 10.2 Å². The van der Waals surface area contributed by atoms with E-state index in [-0.39, 0.29) is 23.4 Å². The summed E-state index contributed by atoms with van der Waals surface area (Å²) in [7, 11) is 3.29. The number of aromatic nitrogens is 5. The van der Waals surface area contributed by atoms with Crippen molar-refractivity contribution in [2.75, 3.05) is 27.2 Å². The first kappa shape index (κ1) is 23.4. The lowest BCUT2D eigenvalue weighted by molar-refractivity contribution is -0.141. The number of nitrogens with one attached hydrogen (secondary N) is 2. The van der Waals surface area contributed by atoms with Gasteiger partial charge in [0, 0.05) is 31.9 Å². The third-order valence-corrected chi connectivity index (χ3v) is 4.87. The summed E-state index contributed by atoms with van der Waals surface area (Å²) >= 11 is 0. The van der Waals surface area contributed by atoms with Gasteiger partial charge in [0.05, 0.1) is 12.8 Å². The third-order valence-electron chi connectivity index (χ3n) is 4.87. The predicted octanol–water partition coefficient (Wildman–Crippen LogP) is 3.32.